The molecule has 1 fully saturated rings. The summed E-state index contributed by atoms with van der Waals surface area (Å²) in [6, 6.07) is 1.48. The second-order valence-corrected chi connectivity index (χ2v) is 7.70. The van der Waals surface area contributed by atoms with Crippen molar-refractivity contribution in [3.05, 3.63) is 16.7 Å². The van der Waals surface area contributed by atoms with E-state index < -0.39 is 6.10 Å². The molecule has 0 aromatic heterocycles. The Morgan fingerprint density at radius 2 is 1.93 bits per heavy atom. The number of aliphatic hydroxyl groups excluding tert-OH is 1. The van der Waals surface area contributed by atoms with Gasteiger partial charge in [0.05, 0.1) is 30.5 Å². The molecule has 1 aliphatic heterocycles. The first-order valence-electron chi connectivity index (χ1n) is 9.67. The van der Waals surface area contributed by atoms with Crippen molar-refractivity contribution in [3.8, 4) is 11.5 Å². The molecule has 0 radical (unpaired) electrons. The highest BCUT2D eigenvalue weighted by molar-refractivity contribution is 6.34. The first kappa shape index (κ1) is 23.3. The number of Topliss-reactive ketones (excluding diaryl/α,β-unsaturated/α-hetero) is 1. The number of anilines is 1. The molecule has 1 aromatic carbocycles. The third-order valence-corrected chi connectivity index (χ3v) is 5.64. The zero-order valence-electron chi connectivity index (χ0n) is 17.2. The molecule has 29 heavy (non-hydrogen) atoms. The van der Waals surface area contributed by atoms with Crippen LogP contribution in [0.2, 0.25) is 5.02 Å². The summed E-state index contributed by atoms with van der Waals surface area (Å²) in [5.74, 6) is 0.355. The Kier molecular flexibility index (Phi) is 8.55. The van der Waals surface area contributed by atoms with E-state index in [1.54, 1.807) is 0 Å². The second-order valence-electron chi connectivity index (χ2n) is 7.30. The Hall–Kier alpha value is -2.03. The minimum Gasteiger partial charge on any atom is -0.492 e. The molecule has 1 unspecified atom stereocenters. The van der Waals surface area contributed by atoms with Crippen molar-refractivity contribution in [1.82, 2.24) is 10.2 Å². The molecule has 2 rings (SSSR count). The Morgan fingerprint density at radius 3 is 2.48 bits per heavy atom. The first-order valence-corrected chi connectivity index (χ1v) is 10.0. The van der Waals surface area contributed by atoms with Gasteiger partial charge < -0.3 is 30.5 Å². The average Bonchev–Trinajstić information content (AvgIpc) is 2.72. The monoisotopic (exact) mass is 427 g/mol. The number of halogens is 1. The molecule has 1 saturated heterocycles. The number of ketones is 1. The van der Waals surface area contributed by atoms with Crippen molar-refractivity contribution in [1.29, 1.82) is 0 Å². The van der Waals surface area contributed by atoms with Crippen LogP contribution in [0.25, 0.3) is 0 Å². The number of benzene rings is 1. The van der Waals surface area contributed by atoms with Crippen LogP contribution in [0.3, 0.4) is 0 Å². The highest BCUT2D eigenvalue weighted by atomic mass is 35.5. The number of aliphatic hydroxyl groups is 1. The van der Waals surface area contributed by atoms with E-state index in [0.29, 0.717) is 25.4 Å². The number of nitrogens with zero attached hydrogens (tertiary/aromatic N) is 1. The summed E-state index contributed by atoms with van der Waals surface area (Å²) in [6.07, 6.45) is 1.43. The van der Waals surface area contributed by atoms with E-state index in [1.807, 2.05) is 0 Å². The van der Waals surface area contributed by atoms with Gasteiger partial charge in [-0.15, -0.1) is 0 Å². The summed E-state index contributed by atoms with van der Waals surface area (Å²) in [6.45, 7) is 4.38. The smallest absolute Gasteiger partial charge is 0.255 e. The van der Waals surface area contributed by atoms with Crippen molar-refractivity contribution in [2.75, 3.05) is 46.1 Å². The number of amides is 1. The van der Waals surface area contributed by atoms with Crippen molar-refractivity contribution in [3.63, 3.8) is 0 Å². The number of ether oxygens (including phenoxy) is 2. The van der Waals surface area contributed by atoms with Crippen LogP contribution in [0.15, 0.2) is 6.07 Å². The number of carbonyl (C=O) groups excluding carboxylic acids is 2. The molecule has 0 spiro atoms. The van der Waals surface area contributed by atoms with Crippen LogP contribution in [0.1, 0.15) is 36.5 Å². The molecule has 1 amide bonds. The van der Waals surface area contributed by atoms with Gasteiger partial charge >= 0.3 is 0 Å². The lowest BCUT2D eigenvalue weighted by Crippen LogP contribution is -2.40. The SMILES string of the molecule is COc1c(C(=O)NCC2CCN(CCC(O)C(C)=O)CC2)cc(Cl)c(N)c1OC. The Balaban J connectivity index is 1.88. The molecule has 1 aromatic rings. The van der Waals surface area contributed by atoms with E-state index in [1.165, 1.54) is 27.2 Å². The van der Waals surface area contributed by atoms with Gasteiger partial charge in [-0.05, 0) is 51.3 Å². The lowest BCUT2D eigenvalue weighted by molar-refractivity contribution is -0.125. The number of rotatable bonds is 9. The standard InChI is InChI=1S/C20H30ClN3O5/c1-12(25)16(26)6-9-24-7-4-13(5-8-24)11-23-20(27)14-10-15(21)17(22)19(29-3)18(14)28-2/h10,13,16,26H,4-9,11,22H2,1-3H3,(H,23,27). The zero-order chi connectivity index (χ0) is 21.6. The highest BCUT2D eigenvalue weighted by Gasteiger charge is 2.24. The Labute approximate surface area is 176 Å². The summed E-state index contributed by atoms with van der Waals surface area (Å²) >= 11 is 6.12. The van der Waals surface area contributed by atoms with Crippen LogP contribution in [0, 0.1) is 5.92 Å². The maximum atomic E-state index is 12.7. The number of hydrogen-bond donors (Lipinski definition) is 3. The van der Waals surface area contributed by atoms with E-state index in [-0.39, 0.29) is 39.5 Å². The van der Waals surface area contributed by atoms with Crippen molar-refractivity contribution in [2.24, 2.45) is 5.92 Å². The quantitative estimate of drug-likeness (QED) is 0.514. The second kappa shape index (κ2) is 10.7. The topological polar surface area (TPSA) is 114 Å². The van der Waals surface area contributed by atoms with Crippen molar-refractivity contribution >= 4 is 29.0 Å². The molecule has 9 heteroatoms. The first-order chi connectivity index (χ1) is 13.8. The van der Waals surface area contributed by atoms with Crippen LogP contribution < -0.4 is 20.5 Å². The minimum absolute atomic E-state index is 0.197. The number of nitrogen functional groups attached to an aromatic ring is 1. The Morgan fingerprint density at radius 1 is 1.31 bits per heavy atom. The summed E-state index contributed by atoms with van der Waals surface area (Å²) in [4.78, 5) is 26.0. The fourth-order valence-electron chi connectivity index (χ4n) is 3.45. The van der Waals surface area contributed by atoms with E-state index >= 15 is 0 Å². The third-order valence-electron chi connectivity index (χ3n) is 5.32. The third kappa shape index (κ3) is 5.98. The molecule has 4 N–H and O–H groups in total. The minimum atomic E-state index is -0.884. The molecule has 1 aliphatic rings. The van der Waals surface area contributed by atoms with Gasteiger partial charge in [0.2, 0.25) is 0 Å². The summed E-state index contributed by atoms with van der Waals surface area (Å²) in [5.41, 5.74) is 6.40. The molecule has 0 bridgehead atoms. The number of hydrogen-bond acceptors (Lipinski definition) is 7. The largest absolute Gasteiger partial charge is 0.492 e. The lowest BCUT2D eigenvalue weighted by atomic mass is 9.96. The van der Waals surface area contributed by atoms with Crippen LogP contribution in [0.4, 0.5) is 5.69 Å². The van der Waals surface area contributed by atoms with Gasteiger partial charge in [0.25, 0.3) is 5.91 Å². The molecule has 162 valence electrons. The summed E-state index contributed by atoms with van der Waals surface area (Å²) < 4.78 is 10.6. The van der Waals surface area contributed by atoms with Crippen LogP contribution in [0.5, 0.6) is 11.5 Å². The zero-order valence-corrected chi connectivity index (χ0v) is 17.9. The van der Waals surface area contributed by atoms with Crippen molar-refractivity contribution < 1.29 is 24.2 Å². The number of nitrogens with one attached hydrogen (secondary N) is 1. The molecule has 1 heterocycles. The number of likely N-dealkylation sites (tertiary alicyclic amines) is 1. The van der Waals surface area contributed by atoms with Gasteiger partial charge in [-0.3, -0.25) is 9.59 Å². The maximum Gasteiger partial charge on any atom is 0.255 e. The number of methoxy groups -OCH3 is 2. The predicted octanol–water partition coefficient (Wildman–Crippen LogP) is 1.72. The molecular weight excluding hydrogens is 398 g/mol. The molecule has 8 nitrogen and oxygen atoms in total. The highest BCUT2D eigenvalue weighted by Crippen LogP contribution is 2.41. The van der Waals surface area contributed by atoms with Crippen LogP contribution in [-0.2, 0) is 4.79 Å². The van der Waals surface area contributed by atoms with E-state index in [4.69, 9.17) is 26.8 Å². The van der Waals surface area contributed by atoms with Crippen LogP contribution in [-0.4, -0.2) is 68.2 Å². The van der Waals surface area contributed by atoms with E-state index in [2.05, 4.69) is 10.2 Å². The Bertz CT molecular complexity index is 735. The normalized spacial score (nSPS) is 16.3. The number of carbonyl (C=O) groups is 2. The summed E-state index contributed by atoms with van der Waals surface area (Å²) in [7, 11) is 2.89. The average molecular weight is 428 g/mol. The fourth-order valence-corrected chi connectivity index (χ4v) is 3.65. The van der Waals surface area contributed by atoms with Gasteiger partial charge in [-0.1, -0.05) is 11.6 Å². The van der Waals surface area contributed by atoms with Gasteiger partial charge in [-0.2, -0.15) is 0 Å². The van der Waals surface area contributed by atoms with Crippen LogP contribution >= 0.6 is 11.6 Å². The van der Waals surface area contributed by atoms with E-state index in [9.17, 15) is 14.7 Å². The molecule has 0 saturated carbocycles. The molecule has 0 aliphatic carbocycles. The maximum absolute atomic E-state index is 12.7. The van der Waals surface area contributed by atoms with E-state index in [0.717, 1.165) is 25.9 Å². The molecule has 1 atom stereocenters. The number of piperidine rings is 1. The predicted molar refractivity (Wildman–Crippen MR) is 112 cm³/mol. The number of nitrogens with two attached hydrogens (primary N) is 1. The van der Waals surface area contributed by atoms with Gasteiger partial charge in [-0.25, -0.2) is 0 Å². The van der Waals surface area contributed by atoms with Gasteiger partial charge in [0, 0.05) is 13.1 Å². The van der Waals surface area contributed by atoms with Gasteiger partial charge in [0.1, 0.15) is 6.10 Å². The summed E-state index contributed by atoms with van der Waals surface area (Å²) in [5, 5.41) is 12.8. The fraction of sp³-hybridized carbons (Fsp3) is 0.600. The van der Waals surface area contributed by atoms with Crippen molar-refractivity contribution in [2.45, 2.75) is 32.3 Å². The lowest BCUT2D eigenvalue weighted by Gasteiger charge is -2.32. The molecular formula is C20H30ClN3O5. The van der Waals surface area contributed by atoms with Gasteiger partial charge in [0.15, 0.2) is 17.3 Å².